The van der Waals surface area contributed by atoms with Gasteiger partial charge in [0.05, 0.1) is 0 Å². The molecular formula is C11H23N. The highest BCUT2D eigenvalue weighted by Gasteiger charge is 2.22. The first-order chi connectivity index (χ1) is 5.88. The second-order valence-electron chi connectivity index (χ2n) is 4.00. The minimum Gasteiger partial charge on any atom is -0.314 e. The van der Waals surface area contributed by atoms with Gasteiger partial charge in [-0.1, -0.05) is 33.1 Å². The molecule has 0 radical (unpaired) electrons. The molecule has 0 amide bonds. The van der Waals surface area contributed by atoms with Crippen molar-refractivity contribution in [3.05, 3.63) is 0 Å². The smallest absolute Gasteiger partial charge is 0.00952 e. The van der Waals surface area contributed by atoms with E-state index in [2.05, 4.69) is 19.2 Å². The van der Waals surface area contributed by atoms with E-state index in [-0.39, 0.29) is 0 Å². The SMILES string of the molecule is CCC[C@H]1CCCC[C@@H]1NCC. The summed E-state index contributed by atoms with van der Waals surface area (Å²) in [5.74, 6) is 0.976. The zero-order valence-electron chi connectivity index (χ0n) is 8.60. The van der Waals surface area contributed by atoms with Crippen LogP contribution in [0.1, 0.15) is 52.4 Å². The van der Waals surface area contributed by atoms with Crippen molar-refractivity contribution in [2.75, 3.05) is 6.54 Å². The Balaban J connectivity index is 2.31. The van der Waals surface area contributed by atoms with Gasteiger partial charge in [-0.2, -0.15) is 0 Å². The van der Waals surface area contributed by atoms with Crippen LogP contribution in [0.3, 0.4) is 0 Å². The van der Waals surface area contributed by atoms with Crippen LogP contribution < -0.4 is 5.32 Å². The van der Waals surface area contributed by atoms with Crippen LogP contribution in [0.5, 0.6) is 0 Å². The summed E-state index contributed by atoms with van der Waals surface area (Å²) in [6.07, 6.45) is 8.57. The molecule has 0 bridgehead atoms. The molecule has 1 aliphatic rings. The third-order valence-corrected chi connectivity index (χ3v) is 3.03. The van der Waals surface area contributed by atoms with E-state index in [0.717, 1.165) is 18.5 Å². The predicted molar refractivity (Wildman–Crippen MR) is 54.3 cm³/mol. The minimum absolute atomic E-state index is 0.837. The molecule has 1 N–H and O–H groups in total. The molecule has 12 heavy (non-hydrogen) atoms. The lowest BCUT2D eigenvalue weighted by Gasteiger charge is -2.31. The number of rotatable bonds is 4. The standard InChI is InChI=1S/C11H23N/c1-3-7-10-8-5-6-9-11(10)12-4-2/h10-12H,3-9H2,1-2H3/t10-,11-/m0/s1. The molecule has 0 spiro atoms. The zero-order valence-corrected chi connectivity index (χ0v) is 8.60. The van der Waals surface area contributed by atoms with Crippen LogP contribution >= 0.6 is 0 Å². The number of hydrogen-bond donors (Lipinski definition) is 1. The van der Waals surface area contributed by atoms with Crippen molar-refractivity contribution in [3.8, 4) is 0 Å². The van der Waals surface area contributed by atoms with Crippen LogP contribution in [0.4, 0.5) is 0 Å². The molecule has 1 heteroatoms. The van der Waals surface area contributed by atoms with E-state index in [1.165, 1.54) is 38.5 Å². The van der Waals surface area contributed by atoms with Crippen molar-refractivity contribution < 1.29 is 0 Å². The minimum atomic E-state index is 0.837. The van der Waals surface area contributed by atoms with Crippen molar-refractivity contribution >= 4 is 0 Å². The summed E-state index contributed by atoms with van der Waals surface area (Å²) in [6, 6.07) is 0.837. The van der Waals surface area contributed by atoms with Gasteiger partial charge in [-0.15, -0.1) is 0 Å². The van der Waals surface area contributed by atoms with Gasteiger partial charge in [0.15, 0.2) is 0 Å². The maximum atomic E-state index is 3.62. The lowest BCUT2D eigenvalue weighted by molar-refractivity contribution is 0.251. The lowest BCUT2D eigenvalue weighted by Crippen LogP contribution is -2.38. The van der Waals surface area contributed by atoms with Crippen molar-refractivity contribution in [2.24, 2.45) is 5.92 Å². The molecule has 0 aromatic rings. The molecule has 0 aromatic carbocycles. The fourth-order valence-electron chi connectivity index (χ4n) is 2.45. The zero-order chi connectivity index (χ0) is 8.81. The van der Waals surface area contributed by atoms with Crippen molar-refractivity contribution in [3.63, 3.8) is 0 Å². The van der Waals surface area contributed by atoms with Crippen LogP contribution in [0.2, 0.25) is 0 Å². The fraction of sp³-hybridized carbons (Fsp3) is 1.00. The highest BCUT2D eigenvalue weighted by Crippen LogP contribution is 2.27. The summed E-state index contributed by atoms with van der Waals surface area (Å²) in [5, 5.41) is 3.62. The highest BCUT2D eigenvalue weighted by atomic mass is 14.9. The summed E-state index contributed by atoms with van der Waals surface area (Å²) in [6.45, 7) is 5.67. The summed E-state index contributed by atoms with van der Waals surface area (Å²) >= 11 is 0. The normalized spacial score (nSPS) is 30.5. The average molecular weight is 169 g/mol. The first kappa shape index (κ1) is 10.0. The highest BCUT2D eigenvalue weighted by molar-refractivity contribution is 4.80. The van der Waals surface area contributed by atoms with Gasteiger partial charge in [-0.3, -0.25) is 0 Å². The van der Waals surface area contributed by atoms with Crippen molar-refractivity contribution in [1.29, 1.82) is 0 Å². The molecular weight excluding hydrogens is 146 g/mol. The summed E-state index contributed by atoms with van der Waals surface area (Å²) in [7, 11) is 0. The largest absolute Gasteiger partial charge is 0.314 e. The number of hydrogen-bond acceptors (Lipinski definition) is 1. The van der Waals surface area contributed by atoms with E-state index < -0.39 is 0 Å². The fourth-order valence-corrected chi connectivity index (χ4v) is 2.45. The number of nitrogens with one attached hydrogen (secondary N) is 1. The van der Waals surface area contributed by atoms with Gasteiger partial charge in [0.1, 0.15) is 0 Å². The molecule has 1 nitrogen and oxygen atoms in total. The van der Waals surface area contributed by atoms with E-state index in [1.54, 1.807) is 0 Å². The van der Waals surface area contributed by atoms with Crippen LogP contribution in [0.15, 0.2) is 0 Å². The molecule has 1 fully saturated rings. The first-order valence-corrected chi connectivity index (χ1v) is 5.61. The monoisotopic (exact) mass is 169 g/mol. The van der Waals surface area contributed by atoms with Gasteiger partial charge in [-0.25, -0.2) is 0 Å². The van der Waals surface area contributed by atoms with E-state index in [9.17, 15) is 0 Å². The van der Waals surface area contributed by atoms with Crippen LogP contribution in [-0.4, -0.2) is 12.6 Å². The van der Waals surface area contributed by atoms with E-state index >= 15 is 0 Å². The molecule has 0 saturated heterocycles. The Labute approximate surface area is 76.9 Å². The molecule has 1 saturated carbocycles. The maximum absolute atomic E-state index is 3.62. The third-order valence-electron chi connectivity index (χ3n) is 3.03. The summed E-state index contributed by atoms with van der Waals surface area (Å²) < 4.78 is 0. The van der Waals surface area contributed by atoms with Crippen LogP contribution in [0.25, 0.3) is 0 Å². The van der Waals surface area contributed by atoms with Crippen LogP contribution in [0, 0.1) is 5.92 Å². The maximum Gasteiger partial charge on any atom is 0.00952 e. The van der Waals surface area contributed by atoms with Gasteiger partial charge < -0.3 is 5.32 Å². The summed E-state index contributed by atoms with van der Waals surface area (Å²) in [5.41, 5.74) is 0. The average Bonchev–Trinajstić information content (AvgIpc) is 2.09. The molecule has 1 aliphatic carbocycles. The Kier molecular flexibility index (Phi) is 4.67. The Hall–Kier alpha value is -0.0400. The van der Waals surface area contributed by atoms with E-state index in [4.69, 9.17) is 0 Å². The van der Waals surface area contributed by atoms with E-state index in [0.29, 0.717) is 0 Å². The molecule has 0 heterocycles. The Morgan fingerprint density at radius 2 is 1.92 bits per heavy atom. The molecule has 1 rings (SSSR count). The topological polar surface area (TPSA) is 12.0 Å². The Morgan fingerprint density at radius 3 is 2.58 bits per heavy atom. The van der Waals surface area contributed by atoms with E-state index in [1.807, 2.05) is 0 Å². The second-order valence-corrected chi connectivity index (χ2v) is 4.00. The van der Waals surface area contributed by atoms with Crippen molar-refractivity contribution in [2.45, 2.75) is 58.4 Å². The third kappa shape index (κ3) is 2.78. The molecule has 0 aliphatic heterocycles. The quantitative estimate of drug-likeness (QED) is 0.682. The van der Waals surface area contributed by atoms with Crippen LogP contribution in [-0.2, 0) is 0 Å². The second kappa shape index (κ2) is 5.58. The Morgan fingerprint density at radius 1 is 1.17 bits per heavy atom. The molecule has 72 valence electrons. The molecule has 0 unspecified atom stereocenters. The van der Waals surface area contributed by atoms with Gasteiger partial charge >= 0.3 is 0 Å². The first-order valence-electron chi connectivity index (χ1n) is 5.61. The van der Waals surface area contributed by atoms with Crippen molar-refractivity contribution in [1.82, 2.24) is 5.32 Å². The molecule has 0 aromatic heterocycles. The van der Waals surface area contributed by atoms with Gasteiger partial charge in [-0.05, 0) is 31.7 Å². The predicted octanol–water partition coefficient (Wildman–Crippen LogP) is 2.95. The van der Waals surface area contributed by atoms with Gasteiger partial charge in [0.2, 0.25) is 0 Å². The van der Waals surface area contributed by atoms with Gasteiger partial charge in [0, 0.05) is 6.04 Å². The van der Waals surface area contributed by atoms with Gasteiger partial charge in [0.25, 0.3) is 0 Å². The lowest BCUT2D eigenvalue weighted by atomic mass is 9.82. The Bertz CT molecular complexity index is 93.6. The summed E-state index contributed by atoms with van der Waals surface area (Å²) in [4.78, 5) is 0. The molecule has 2 atom stereocenters.